The number of halogens is 3. The lowest BCUT2D eigenvalue weighted by Gasteiger charge is -2.11. The fraction of sp³-hybridized carbons (Fsp3) is 0.818. The second kappa shape index (κ2) is 8.27. The molecule has 1 aliphatic heterocycles. The third-order valence-electron chi connectivity index (χ3n) is 2.65. The van der Waals surface area contributed by atoms with Crippen molar-refractivity contribution in [3.8, 4) is 0 Å². The fourth-order valence-electron chi connectivity index (χ4n) is 1.68. The summed E-state index contributed by atoms with van der Waals surface area (Å²) in [4.78, 5) is 22.7. The van der Waals surface area contributed by atoms with E-state index in [0.29, 0.717) is 6.54 Å². The predicted octanol–water partition coefficient (Wildman–Crippen LogP) is 0.438. The Kier molecular flexibility index (Phi) is 7.85. The van der Waals surface area contributed by atoms with Crippen molar-refractivity contribution in [3.63, 3.8) is 0 Å². The molecule has 112 valence electrons. The molecule has 0 radical (unpaired) electrons. The van der Waals surface area contributed by atoms with Crippen LogP contribution in [0.25, 0.3) is 0 Å². The molecule has 1 atom stereocenters. The number of hydrogen-bond donors (Lipinski definition) is 3. The molecule has 3 N–H and O–H groups in total. The molecule has 19 heavy (non-hydrogen) atoms. The molecule has 2 amide bonds. The van der Waals surface area contributed by atoms with Gasteiger partial charge in [-0.3, -0.25) is 14.9 Å². The Hall–Kier alpha value is -0.950. The zero-order valence-corrected chi connectivity index (χ0v) is 11.6. The lowest BCUT2D eigenvalue weighted by Crippen LogP contribution is -2.41. The van der Waals surface area contributed by atoms with Gasteiger partial charge in [-0.25, -0.2) is 8.78 Å². The Morgan fingerprint density at radius 1 is 1.32 bits per heavy atom. The van der Waals surface area contributed by atoms with Crippen molar-refractivity contribution in [2.24, 2.45) is 0 Å². The van der Waals surface area contributed by atoms with E-state index in [1.807, 2.05) is 6.92 Å². The smallest absolute Gasteiger partial charge is 0.262 e. The predicted molar refractivity (Wildman–Crippen MR) is 69.5 cm³/mol. The number of rotatable bonds is 6. The Morgan fingerprint density at radius 2 is 2.00 bits per heavy atom. The summed E-state index contributed by atoms with van der Waals surface area (Å²) in [6.07, 6.45) is 0.523. The average Bonchev–Trinajstić information content (AvgIpc) is 2.67. The third kappa shape index (κ3) is 6.68. The first-order valence-electron chi connectivity index (χ1n) is 6.10. The van der Waals surface area contributed by atoms with Crippen molar-refractivity contribution in [3.05, 3.63) is 0 Å². The van der Waals surface area contributed by atoms with Crippen LogP contribution in [0.5, 0.6) is 0 Å². The first-order chi connectivity index (χ1) is 8.44. The molecule has 1 rings (SSSR count). The van der Waals surface area contributed by atoms with E-state index < -0.39 is 30.8 Å². The van der Waals surface area contributed by atoms with E-state index in [-0.39, 0.29) is 31.3 Å². The molecule has 0 aliphatic carbocycles. The van der Waals surface area contributed by atoms with Crippen LogP contribution in [0.4, 0.5) is 8.78 Å². The van der Waals surface area contributed by atoms with Crippen LogP contribution in [0.2, 0.25) is 0 Å². The van der Waals surface area contributed by atoms with Gasteiger partial charge in [0.2, 0.25) is 11.8 Å². The van der Waals surface area contributed by atoms with Crippen LogP contribution in [-0.4, -0.2) is 43.4 Å². The molecule has 1 heterocycles. The summed E-state index contributed by atoms with van der Waals surface area (Å²) >= 11 is 0. The molecule has 0 aromatic rings. The van der Waals surface area contributed by atoms with Crippen molar-refractivity contribution in [1.82, 2.24) is 16.0 Å². The van der Waals surface area contributed by atoms with Gasteiger partial charge in [-0.2, -0.15) is 0 Å². The van der Waals surface area contributed by atoms with Crippen LogP contribution in [0, 0.1) is 0 Å². The average molecular weight is 300 g/mol. The van der Waals surface area contributed by atoms with E-state index in [9.17, 15) is 18.4 Å². The molecule has 0 bridgehead atoms. The monoisotopic (exact) mass is 299 g/mol. The van der Waals surface area contributed by atoms with Gasteiger partial charge < -0.3 is 10.6 Å². The Morgan fingerprint density at radius 3 is 2.53 bits per heavy atom. The molecule has 0 aromatic carbocycles. The van der Waals surface area contributed by atoms with E-state index in [4.69, 9.17) is 0 Å². The topological polar surface area (TPSA) is 70.2 Å². The molecule has 1 fully saturated rings. The highest BCUT2D eigenvalue weighted by atomic mass is 35.5. The first kappa shape index (κ1) is 18.0. The van der Waals surface area contributed by atoms with E-state index in [1.165, 1.54) is 0 Å². The summed E-state index contributed by atoms with van der Waals surface area (Å²) in [6, 6.07) is -0.862. The summed E-state index contributed by atoms with van der Waals surface area (Å²) in [5, 5.41) is 7.59. The number of hydrogen-bond acceptors (Lipinski definition) is 3. The second-order valence-corrected chi connectivity index (χ2v) is 4.38. The molecule has 1 aliphatic rings. The largest absolute Gasteiger partial charge is 0.356 e. The van der Waals surface area contributed by atoms with Gasteiger partial charge in [0.25, 0.3) is 5.92 Å². The standard InChI is InChI=1S/C11H19F2N3O2.ClH/c1-2-4-14-9(17)3-5-15-10(18)8-6-11(12,13)7-16-8;/h8,16H,2-7H2,1H3,(H,14,17)(H,15,18);1H. The highest BCUT2D eigenvalue weighted by Crippen LogP contribution is 2.24. The van der Waals surface area contributed by atoms with Gasteiger partial charge in [0.05, 0.1) is 12.6 Å². The molecular weight excluding hydrogens is 280 g/mol. The van der Waals surface area contributed by atoms with Crippen LogP contribution >= 0.6 is 12.4 Å². The Bertz CT molecular complexity index is 316. The minimum absolute atomic E-state index is 0. The summed E-state index contributed by atoms with van der Waals surface area (Å²) in [5.41, 5.74) is 0. The fourth-order valence-corrected chi connectivity index (χ4v) is 1.68. The van der Waals surface area contributed by atoms with Crippen molar-refractivity contribution in [1.29, 1.82) is 0 Å². The van der Waals surface area contributed by atoms with Gasteiger partial charge in [0.15, 0.2) is 0 Å². The molecular formula is C11H20ClF2N3O2. The maximum absolute atomic E-state index is 12.8. The number of carbonyl (C=O) groups excluding carboxylic acids is 2. The Labute approximate surface area is 117 Å². The number of nitrogens with one attached hydrogen (secondary N) is 3. The van der Waals surface area contributed by atoms with E-state index >= 15 is 0 Å². The van der Waals surface area contributed by atoms with E-state index in [2.05, 4.69) is 16.0 Å². The highest BCUT2D eigenvalue weighted by molar-refractivity contribution is 5.85. The van der Waals surface area contributed by atoms with Crippen LogP contribution in [0.15, 0.2) is 0 Å². The minimum Gasteiger partial charge on any atom is -0.356 e. The van der Waals surface area contributed by atoms with Gasteiger partial charge >= 0.3 is 0 Å². The van der Waals surface area contributed by atoms with Gasteiger partial charge in [-0.15, -0.1) is 12.4 Å². The highest BCUT2D eigenvalue weighted by Gasteiger charge is 2.42. The van der Waals surface area contributed by atoms with Crippen molar-refractivity contribution >= 4 is 24.2 Å². The zero-order valence-electron chi connectivity index (χ0n) is 10.8. The number of amides is 2. The molecule has 1 saturated heterocycles. The number of carbonyl (C=O) groups is 2. The van der Waals surface area contributed by atoms with Crippen LogP contribution in [0.3, 0.4) is 0 Å². The molecule has 0 saturated carbocycles. The number of alkyl halides is 2. The molecule has 5 nitrogen and oxygen atoms in total. The second-order valence-electron chi connectivity index (χ2n) is 4.38. The van der Waals surface area contributed by atoms with E-state index in [1.54, 1.807) is 0 Å². The lowest BCUT2D eigenvalue weighted by atomic mass is 10.2. The SMILES string of the molecule is CCCNC(=O)CCNC(=O)C1CC(F)(F)CN1.Cl. The van der Waals surface area contributed by atoms with E-state index in [0.717, 1.165) is 6.42 Å². The summed E-state index contributed by atoms with van der Waals surface area (Å²) < 4.78 is 25.7. The summed E-state index contributed by atoms with van der Waals surface area (Å²) in [6.45, 7) is 2.23. The molecule has 1 unspecified atom stereocenters. The first-order valence-corrected chi connectivity index (χ1v) is 6.10. The molecule has 0 aromatic heterocycles. The minimum atomic E-state index is -2.82. The molecule has 8 heteroatoms. The quantitative estimate of drug-likeness (QED) is 0.666. The van der Waals surface area contributed by atoms with Crippen molar-refractivity contribution < 1.29 is 18.4 Å². The molecule has 0 spiro atoms. The van der Waals surface area contributed by atoms with Gasteiger partial charge in [-0.1, -0.05) is 6.92 Å². The normalized spacial score (nSPS) is 20.5. The lowest BCUT2D eigenvalue weighted by molar-refractivity contribution is -0.124. The summed E-state index contributed by atoms with van der Waals surface area (Å²) in [5.74, 6) is -3.45. The van der Waals surface area contributed by atoms with Gasteiger partial charge in [-0.05, 0) is 6.42 Å². The zero-order chi connectivity index (χ0) is 13.6. The summed E-state index contributed by atoms with van der Waals surface area (Å²) in [7, 11) is 0. The van der Waals surface area contributed by atoms with Gasteiger partial charge in [0, 0.05) is 25.9 Å². The maximum Gasteiger partial charge on any atom is 0.262 e. The third-order valence-corrected chi connectivity index (χ3v) is 2.65. The van der Waals surface area contributed by atoms with Crippen molar-refractivity contribution in [2.45, 2.75) is 38.2 Å². The van der Waals surface area contributed by atoms with Crippen LogP contribution < -0.4 is 16.0 Å². The van der Waals surface area contributed by atoms with Crippen LogP contribution in [-0.2, 0) is 9.59 Å². The Balaban J connectivity index is 0.00000324. The van der Waals surface area contributed by atoms with Crippen molar-refractivity contribution in [2.75, 3.05) is 19.6 Å². The van der Waals surface area contributed by atoms with Gasteiger partial charge in [0.1, 0.15) is 0 Å². The maximum atomic E-state index is 12.8. The van der Waals surface area contributed by atoms with Crippen LogP contribution in [0.1, 0.15) is 26.2 Å².